The first-order valence-corrected chi connectivity index (χ1v) is 9.21. The number of aromatic nitrogens is 2. The van der Waals surface area contributed by atoms with E-state index in [4.69, 9.17) is 32.2 Å². The van der Waals surface area contributed by atoms with Crippen LogP contribution in [0.1, 0.15) is 11.1 Å². The van der Waals surface area contributed by atoms with Crippen LogP contribution in [-0.2, 0) is 16.0 Å². The van der Waals surface area contributed by atoms with Crippen molar-refractivity contribution in [1.82, 2.24) is 9.97 Å². The first kappa shape index (κ1) is 24.1. The molecule has 0 atom stereocenters. The zero-order chi connectivity index (χ0) is 22.9. The van der Waals surface area contributed by atoms with Crippen molar-refractivity contribution in [3.63, 3.8) is 0 Å². The highest BCUT2D eigenvalue weighted by molar-refractivity contribution is 6.28. The highest BCUT2D eigenvalue weighted by atomic mass is 35.5. The van der Waals surface area contributed by atoms with Gasteiger partial charge in [0, 0.05) is 32.1 Å². The van der Waals surface area contributed by atoms with Crippen molar-refractivity contribution in [2.45, 2.75) is 12.7 Å². The summed E-state index contributed by atoms with van der Waals surface area (Å²) in [5, 5.41) is 10.5. The molecule has 0 radical (unpaired) electrons. The maximum absolute atomic E-state index is 12.7. The van der Waals surface area contributed by atoms with E-state index in [1.165, 1.54) is 13.3 Å². The van der Waals surface area contributed by atoms with E-state index in [1.807, 2.05) is 0 Å². The van der Waals surface area contributed by atoms with Crippen LogP contribution in [0.15, 0.2) is 47.2 Å². The Kier molecular flexibility index (Phi) is 8.76. The number of ether oxygens (including phenoxy) is 2. The molecule has 0 fully saturated rings. The molecule has 8 nitrogen and oxygen atoms in total. The van der Waals surface area contributed by atoms with Crippen LogP contribution in [0.3, 0.4) is 0 Å². The van der Waals surface area contributed by atoms with Crippen LogP contribution in [0.25, 0.3) is 0 Å². The number of methoxy groups -OCH3 is 1. The standard InChI is InChI=1S/C19H20ClF3N6O2/c1-30-6-7-31-16(8-15(25)19(21,22)23)28-14-4-2-12(3-5-14)10-26-17-13(9-24)11-27-18(20)29-17/h2-5,8-9,11,24H,6-7,10,25H2,1H3,(H,26,27,29). The fraction of sp³-hybridized carbons (Fsp3) is 0.263. The van der Waals surface area contributed by atoms with Crippen molar-refractivity contribution in [3.05, 3.63) is 58.6 Å². The van der Waals surface area contributed by atoms with Crippen LogP contribution in [-0.4, -0.2) is 48.6 Å². The molecule has 0 bridgehead atoms. The van der Waals surface area contributed by atoms with Gasteiger partial charge in [0.1, 0.15) is 18.1 Å². The van der Waals surface area contributed by atoms with E-state index in [-0.39, 0.29) is 24.4 Å². The molecule has 0 unspecified atom stereocenters. The predicted octanol–water partition coefficient (Wildman–Crippen LogP) is 3.84. The minimum absolute atomic E-state index is 0.00974. The summed E-state index contributed by atoms with van der Waals surface area (Å²) in [5.74, 6) is 0.114. The molecule has 166 valence electrons. The lowest BCUT2D eigenvalue weighted by molar-refractivity contribution is -0.0926. The van der Waals surface area contributed by atoms with Gasteiger partial charge in [-0.05, 0) is 29.3 Å². The fourth-order valence-electron chi connectivity index (χ4n) is 2.17. The lowest BCUT2D eigenvalue weighted by atomic mass is 10.2. The Morgan fingerprint density at radius 2 is 2.00 bits per heavy atom. The number of hydrogen-bond donors (Lipinski definition) is 3. The van der Waals surface area contributed by atoms with E-state index < -0.39 is 11.9 Å². The minimum Gasteiger partial charge on any atom is -0.475 e. The van der Waals surface area contributed by atoms with Crippen LogP contribution < -0.4 is 11.1 Å². The lowest BCUT2D eigenvalue weighted by Crippen LogP contribution is -2.21. The molecule has 1 aromatic carbocycles. The summed E-state index contributed by atoms with van der Waals surface area (Å²) in [6, 6.07) is 6.67. The van der Waals surface area contributed by atoms with Gasteiger partial charge in [-0.25, -0.2) is 15.0 Å². The maximum Gasteiger partial charge on any atom is 0.430 e. The Balaban J connectivity index is 2.14. The van der Waals surface area contributed by atoms with Gasteiger partial charge in [0.25, 0.3) is 0 Å². The highest BCUT2D eigenvalue weighted by Gasteiger charge is 2.32. The van der Waals surface area contributed by atoms with E-state index >= 15 is 0 Å². The number of aliphatic imine (C=N–C) groups is 1. The van der Waals surface area contributed by atoms with Gasteiger partial charge in [-0.3, -0.25) is 0 Å². The van der Waals surface area contributed by atoms with Crippen molar-refractivity contribution in [1.29, 1.82) is 5.41 Å². The van der Waals surface area contributed by atoms with E-state index in [0.29, 0.717) is 29.7 Å². The molecular weight excluding hydrogens is 437 g/mol. The number of anilines is 1. The molecule has 1 heterocycles. The van der Waals surface area contributed by atoms with E-state index in [0.717, 1.165) is 11.8 Å². The SMILES string of the molecule is COCCOC(C=C(N)C(F)(F)F)=Nc1ccc(CNc2nc(Cl)ncc2C=N)cc1. The third-order valence-electron chi connectivity index (χ3n) is 3.72. The second kappa shape index (κ2) is 11.3. The number of nitrogens with two attached hydrogens (primary N) is 1. The van der Waals surface area contributed by atoms with Gasteiger partial charge < -0.3 is 25.9 Å². The number of alkyl halides is 3. The number of allylic oxidation sites excluding steroid dienone is 1. The van der Waals surface area contributed by atoms with E-state index in [1.54, 1.807) is 24.3 Å². The van der Waals surface area contributed by atoms with Gasteiger partial charge in [-0.15, -0.1) is 0 Å². The van der Waals surface area contributed by atoms with Gasteiger partial charge in [-0.1, -0.05) is 12.1 Å². The molecule has 0 aliphatic rings. The summed E-state index contributed by atoms with van der Waals surface area (Å²) in [6.45, 7) is 0.542. The second-order valence-corrected chi connectivity index (χ2v) is 6.33. The van der Waals surface area contributed by atoms with Crippen LogP contribution >= 0.6 is 11.6 Å². The summed E-state index contributed by atoms with van der Waals surface area (Å²) in [7, 11) is 1.44. The Bertz CT molecular complexity index is 949. The van der Waals surface area contributed by atoms with Gasteiger partial charge in [-0.2, -0.15) is 13.2 Å². The van der Waals surface area contributed by atoms with Crippen LogP contribution in [0, 0.1) is 5.41 Å². The van der Waals surface area contributed by atoms with Crippen LogP contribution in [0.5, 0.6) is 0 Å². The monoisotopic (exact) mass is 456 g/mol. The molecule has 4 N–H and O–H groups in total. The van der Waals surface area contributed by atoms with Gasteiger partial charge in [0.05, 0.1) is 17.9 Å². The number of rotatable bonds is 9. The molecule has 2 rings (SSSR count). The minimum atomic E-state index is -4.69. The summed E-state index contributed by atoms with van der Waals surface area (Å²) in [4.78, 5) is 11.9. The summed E-state index contributed by atoms with van der Waals surface area (Å²) in [6.07, 6.45) is -1.54. The normalized spacial score (nSPS) is 12.5. The topological polar surface area (TPSA) is 118 Å². The quantitative estimate of drug-likeness (QED) is 0.228. The highest BCUT2D eigenvalue weighted by Crippen LogP contribution is 2.22. The van der Waals surface area contributed by atoms with Crippen LogP contribution in [0.2, 0.25) is 5.28 Å². The lowest BCUT2D eigenvalue weighted by Gasteiger charge is -2.10. The van der Waals surface area contributed by atoms with Crippen LogP contribution in [0.4, 0.5) is 24.7 Å². The van der Waals surface area contributed by atoms with Crippen molar-refractivity contribution in [2.24, 2.45) is 10.7 Å². The summed E-state index contributed by atoms with van der Waals surface area (Å²) >= 11 is 5.78. The van der Waals surface area contributed by atoms with Crippen molar-refractivity contribution >= 4 is 35.2 Å². The first-order valence-electron chi connectivity index (χ1n) is 8.83. The second-order valence-electron chi connectivity index (χ2n) is 6.00. The molecule has 31 heavy (non-hydrogen) atoms. The molecule has 1 aromatic heterocycles. The average Bonchev–Trinajstić information content (AvgIpc) is 2.72. The van der Waals surface area contributed by atoms with E-state index in [9.17, 15) is 13.2 Å². The number of benzene rings is 1. The fourth-order valence-corrected chi connectivity index (χ4v) is 2.30. The number of halogens is 4. The molecule has 0 saturated carbocycles. The number of hydrogen-bond acceptors (Lipinski definition) is 8. The summed E-state index contributed by atoms with van der Waals surface area (Å²) < 4.78 is 48.2. The molecule has 2 aromatic rings. The number of nitrogens with one attached hydrogen (secondary N) is 2. The molecule has 0 aliphatic heterocycles. The average molecular weight is 457 g/mol. The molecule has 12 heteroatoms. The van der Waals surface area contributed by atoms with Gasteiger partial charge in [0.2, 0.25) is 11.2 Å². The zero-order valence-corrected chi connectivity index (χ0v) is 17.2. The maximum atomic E-state index is 12.7. The zero-order valence-electron chi connectivity index (χ0n) is 16.4. The van der Waals surface area contributed by atoms with Gasteiger partial charge in [0.15, 0.2) is 0 Å². The Hall–Kier alpha value is -3.18. The van der Waals surface area contributed by atoms with Crippen molar-refractivity contribution in [3.8, 4) is 0 Å². The molecule has 0 aliphatic carbocycles. The van der Waals surface area contributed by atoms with E-state index in [2.05, 4.69) is 20.3 Å². The van der Waals surface area contributed by atoms with Crippen molar-refractivity contribution in [2.75, 3.05) is 25.6 Å². The molecule has 0 spiro atoms. The smallest absolute Gasteiger partial charge is 0.430 e. The Morgan fingerprint density at radius 3 is 2.61 bits per heavy atom. The Labute approximate surface area is 181 Å². The Morgan fingerprint density at radius 1 is 1.29 bits per heavy atom. The third-order valence-corrected chi connectivity index (χ3v) is 3.90. The summed E-state index contributed by atoms with van der Waals surface area (Å²) in [5.41, 5.74) is 5.41. The van der Waals surface area contributed by atoms with Crippen molar-refractivity contribution < 1.29 is 22.6 Å². The predicted molar refractivity (Wildman–Crippen MR) is 112 cm³/mol. The largest absolute Gasteiger partial charge is 0.475 e. The molecule has 0 saturated heterocycles. The third kappa shape index (κ3) is 7.87. The first-order chi connectivity index (χ1) is 14.7. The van der Waals surface area contributed by atoms with Gasteiger partial charge >= 0.3 is 6.18 Å². The molecular formula is C19H20ClF3N6O2. The number of nitrogens with zero attached hydrogens (tertiary/aromatic N) is 3. The molecule has 0 amide bonds.